The van der Waals surface area contributed by atoms with Gasteiger partial charge in [0.05, 0.1) is 11.2 Å². The molecule has 3 aliphatic carbocycles. The fraction of sp³-hybridized carbons (Fsp3) is 0.209. The fourth-order valence-corrected chi connectivity index (χ4v) is 9.01. The average molecular weight is 610 g/mol. The van der Waals surface area contributed by atoms with Gasteiger partial charge in [-0.15, -0.1) is 0 Å². The maximum Gasteiger partial charge on any atom is 0.497 e. The number of nitrogens with one attached hydrogen (secondary N) is 1. The molecule has 228 valence electrons. The third-order valence-electron chi connectivity index (χ3n) is 11.9. The van der Waals surface area contributed by atoms with Crippen LogP contribution in [0.15, 0.2) is 109 Å². The summed E-state index contributed by atoms with van der Waals surface area (Å²) in [6, 6.07) is 40.4. The van der Waals surface area contributed by atoms with Gasteiger partial charge >= 0.3 is 7.12 Å². The van der Waals surface area contributed by atoms with Crippen LogP contribution in [0.4, 0.5) is 0 Å². The molecule has 0 amide bonds. The van der Waals surface area contributed by atoms with Crippen LogP contribution in [0.2, 0.25) is 0 Å². The van der Waals surface area contributed by atoms with E-state index in [9.17, 15) is 0 Å². The number of aromatic nitrogens is 1. The molecule has 0 saturated carbocycles. The monoisotopic (exact) mass is 609 g/mol. The van der Waals surface area contributed by atoms with Crippen LogP contribution in [-0.4, -0.2) is 23.3 Å². The van der Waals surface area contributed by atoms with Crippen molar-refractivity contribution in [3.63, 3.8) is 0 Å². The second-order valence-corrected chi connectivity index (χ2v) is 14.8. The Morgan fingerprint density at radius 3 is 1.96 bits per heavy atom. The second-order valence-electron chi connectivity index (χ2n) is 14.8. The Kier molecular flexibility index (Phi) is 5.41. The number of fused-ring (bicyclic) bond motifs is 12. The molecule has 5 aromatic carbocycles. The van der Waals surface area contributed by atoms with Gasteiger partial charge in [0.1, 0.15) is 0 Å². The Morgan fingerprint density at radius 2 is 1.28 bits per heavy atom. The van der Waals surface area contributed by atoms with Gasteiger partial charge in [0.15, 0.2) is 0 Å². The summed E-state index contributed by atoms with van der Waals surface area (Å²) in [5.74, 6) is 0.232. The van der Waals surface area contributed by atoms with Crippen LogP contribution in [0, 0.1) is 0 Å². The van der Waals surface area contributed by atoms with E-state index < -0.39 is 18.3 Å². The van der Waals surface area contributed by atoms with E-state index in [0.717, 1.165) is 17.4 Å². The zero-order valence-corrected chi connectivity index (χ0v) is 27.2. The van der Waals surface area contributed by atoms with E-state index >= 15 is 0 Å². The Bertz CT molecular complexity index is 2360. The zero-order valence-electron chi connectivity index (χ0n) is 27.2. The van der Waals surface area contributed by atoms with Crippen molar-refractivity contribution in [1.82, 2.24) is 4.98 Å². The topological polar surface area (TPSA) is 34.2 Å². The predicted octanol–water partition coefficient (Wildman–Crippen LogP) is 7.56. The molecular formula is C43H36BNO2. The largest absolute Gasteiger partial charge is 0.497 e. The normalized spacial score (nSPS) is 20.3. The summed E-state index contributed by atoms with van der Waals surface area (Å²) in [6.45, 7) is 8.58. The molecule has 47 heavy (non-hydrogen) atoms. The van der Waals surface area contributed by atoms with Gasteiger partial charge in [-0.3, -0.25) is 0 Å². The maximum atomic E-state index is 6.86. The van der Waals surface area contributed by atoms with Crippen molar-refractivity contribution in [3.05, 3.63) is 148 Å². The van der Waals surface area contributed by atoms with Crippen molar-refractivity contribution in [2.24, 2.45) is 0 Å². The molecular weight excluding hydrogens is 573 g/mol. The van der Waals surface area contributed by atoms with E-state index in [1.54, 1.807) is 0 Å². The fourth-order valence-electron chi connectivity index (χ4n) is 9.01. The Balaban J connectivity index is 1.36. The summed E-state index contributed by atoms with van der Waals surface area (Å²) >= 11 is 0. The van der Waals surface area contributed by atoms with Crippen LogP contribution in [0.5, 0.6) is 0 Å². The SMILES string of the molecule is CC1(C)OB(c2c3c(cc4c5c([nH]c24)=CC(c2ccccc2)CC52c4ccccc4-c4ccccc42)-c2ccccc2C=3)OC1(C)C. The second kappa shape index (κ2) is 9.25. The van der Waals surface area contributed by atoms with Crippen LogP contribution < -0.4 is 16.0 Å². The quantitative estimate of drug-likeness (QED) is 0.205. The molecule has 3 nitrogen and oxygen atoms in total. The van der Waals surface area contributed by atoms with Gasteiger partial charge in [0.25, 0.3) is 0 Å². The van der Waals surface area contributed by atoms with E-state index in [-0.39, 0.29) is 11.3 Å². The summed E-state index contributed by atoms with van der Waals surface area (Å²) in [5, 5.41) is 3.64. The third-order valence-corrected chi connectivity index (χ3v) is 11.9. The minimum absolute atomic E-state index is 0.232. The van der Waals surface area contributed by atoms with Gasteiger partial charge in [0.2, 0.25) is 0 Å². The lowest BCUT2D eigenvalue weighted by molar-refractivity contribution is 0.00578. The first-order chi connectivity index (χ1) is 22.8. The summed E-state index contributed by atoms with van der Waals surface area (Å²) in [7, 11) is -0.507. The Hall–Kier alpha value is -4.64. The maximum absolute atomic E-state index is 6.86. The smallest absolute Gasteiger partial charge is 0.399 e. The molecule has 10 rings (SSSR count). The van der Waals surface area contributed by atoms with Crippen molar-refractivity contribution >= 4 is 35.6 Å². The van der Waals surface area contributed by atoms with Gasteiger partial charge < -0.3 is 14.3 Å². The highest BCUT2D eigenvalue weighted by atomic mass is 16.7. The van der Waals surface area contributed by atoms with Crippen LogP contribution in [0.25, 0.3) is 45.3 Å². The highest BCUT2D eigenvalue weighted by Crippen LogP contribution is 2.58. The molecule has 0 radical (unpaired) electrons. The molecule has 2 heterocycles. The van der Waals surface area contributed by atoms with Gasteiger partial charge in [-0.1, -0.05) is 109 Å². The molecule has 4 aliphatic rings. The minimum Gasteiger partial charge on any atom is -0.399 e. The van der Waals surface area contributed by atoms with Crippen LogP contribution >= 0.6 is 0 Å². The Labute approximate surface area is 275 Å². The van der Waals surface area contributed by atoms with E-state index in [0.29, 0.717) is 0 Å². The third kappa shape index (κ3) is 3.55. The van der Waals surface area contributed by atoms with Crippen molar-refractivity contribution in [2.75, 3.05) is 0 Å². The zero-order chi connectivity index (χ0) is 31.7. The first-order valence-corrected chi connectivity index (χ1v) is 16.9. The number of rotatable bonds is 2. The van der Waals surface area contributed by atoms with Gasteiger partial charge in [0, 0.05) is 33.0 Å². The lowest BCUT2D eigenvalue weighted by atomic mass is 9.63. The number of benzene rings is 5. The first-order valence-electron chi connectivity index (χ1n) is 16.9. The number of H-pyrrole nitrogens is 1. The van der Waals surface area contributed by atoms with Crippen LogP contribution in [0.3, 0.4) is 0 Å². The van der Waals surface area contributed by atoms with E-state index in [1.807, 2.05) is 0 Å². The van der Waals surface area contributed by atoms with Gasteiger partial charge in [-0.2, -0.15) is 0 Å². The lowest BCUT2D eigenvalue weighted by Crippen LogP contribution is -2.44. The number of aromatic amines is 1. The van der Waals surface area contributed by atoms with E-state index in [1.165, 1.54) is 66.0 Å². The predicted molar refractivity (Wildman–Crippen MR) is 192 cm³/mol. The van der Waals surface area contributed by atoms with Crippen molar-refractivity contribution < 1.29 is 9.31 Å². The first kappa shape index (κ1) is 27.5. The van der Waals surface area contributed by atoms with E-state index in [4.69, 9.17) is 9.31 Å². The van der Waals surface area contributed by atoms with Gasteiger partial charge in [-0.25, -0.2) is 0 Å². The lowest BCUT2D eigenvalue weighted by Gasteiger charge is -2.38. The molecule has 0 bridgehead atoms. The van der Waals surface area contributed by atoms with Crippen molar-refractivity contribution in [3.8, 4) is 22.3 Å². The molecule has 1 atom stereocenters. The molecule has 1 N–H and O–H groups in total. The summed E-state index contributed by atoms with van der Waals surface area (Å²) in [5.41, 5.74) is 12.9. The molecule has 1 saturated heterocycles. The molecule has 1 fully saturated rings. The molecule has 1 spiro atoms. The van der Waals surface area contributed by atoms with Crippen LogP contribution in [0.1, 0.15) is 67.9 Å². The average Bonchev–Trinajstić information content (AvgIpc) is 3.77. The Morgan fingerprint density at radius 1 is 0.681 bits per heavy atom. The van der Waals surface area contributed by atoms with E-state index in [2.05, 4.69) is 154 Å². The van der Waals surface area contributed by atoms with Crippen molar-refractivity contribution in [1.29, 1.82) is 0 Å². The van der Waals surface area contributed by atoms with Crippen LogP contribution in [-0.2, 0) is 14.7 Å². The minimum atomic E-state index is -0.507. The molecule has 1 unspecified atom stereocenters. The molecule has 4 heteroatoms. The van der Waals surface area contributed by atoms with Gasteiger partial charge in [-0.05, 0) is 102 Å². The van der Waals surface area contributed by atoms with Crippen molar-refractivity contribution in [2.45, 2.75) is 56.7 Å². The summed E-state index contributed by atoms with van der Waals surface area (Å²) < 4.78 is 13.7. The number of hydrogen-bond acceptors (Lipinski definition) is 2. The molecule has 1 aromatic heterocycles. The standard InChI is InChI=1S/C43H36BNO2/c1-41(2)42(3,4)47-44(46-41)39-33-22-27-16-8-9-17-29(27)32(33)24-34-38-37(45-40(34)39)23-28(26-14-6-5-7-15-26)25-43(38)35-20-12-10-18-30(35)31-19-11-13-21-36(31)43/h5-24,28,45H,25H2,1-4H3. The highest BCUT2D eigenvalue weighted by molar-refractivity contribution is 6.65. The molecule has 6 aromatic rings. The highest BCUT2D eigenvalue weighted by Gasteiger charge is 2.54. The number of hydrogen-bond donors (Lipinski definition) is 1. The summed E-state index contributed by atoms with van der Waals surface area (Å²) in [4.78, 5) is 4.05. The summed E-state index contributed by atoms with van der Waals surface area (Å²) in [6.07, 6.45) is 5.77. The molecule has 1 aliphatic heterocycles.